The van der Waals surface area contributed by atoms with Gasteiger partial charge in [-0.3, -0.25) is 9.98 Å². The monoisotopic (exact) mass is 433 g/mol. The summed E-state index contributed by atoms with van der Waals surface area (Å²) in [6.07, 6.45) is 6.96. The van der Waals surface area contributed by atoms with Crippen LogP contribution < -0.4 is 10.6 Å². The number of aromatic nitrogens is 4. The van der Waals surface area contributed by atoms with Crippen molar-refractivity contribution in [3.63, 3.8) is 0 Å². The molecule has 0 radical (unpaired) electrons. The molecular formula is C24H31N7O. The second kappa shape index (κ2) is 8.26. The van der Waals surface area contributed by atoms with Gasteiger partial charge in [-0.1, -0.05) is 13.8 Å². The van der Waals surface area contributed by atoms with Crippen LogP contribution in [0.5, 0.6) is 0 Å². The third-order valence-corrected chi connectivity index (χ3v) is 6.47. The molecule has 1 aliphatic heterocycles. The molecule has 168 valence electrons. The van der Waals surface area contributed by atoms with E-state index in [4.69, 9.17) is 14.7 Å². The van der Waals surface area contributed by atoms with E-state index in [2.05, 4.69) is 53.6 Å². The first-order chi connectivity index (χ1) is 15.4. The molecule has 0 saturated heterocycles. The molecule has 1 aliphatic carbocycles. The van der Waals surface area contributed by atoms with E-state index < -0.39 is 0 Å². The zero-order valence-electron chi connectivity index (χ0n) is 19.2. The van der Waals surface area contributed by atoms with Gasteiger partial charge in [-0.15, -0.1) is 5.10 Å². The van der Waals surface area contributed by atoms with Crippen molar-refractivity contribution in [3.8, 4) is 11.3 Å². The molecule has 8 heteroatoms. The normalized spacial score (nSPS) is 20.0. The van der Waals surface area contributed by atoms with Gasteiger partial charge in [0.2, 0.25) is 5.95 Å². The lowest BCUT2D eigenvalue weighted by Gasteiger charge is -2.42. The van der Waals surface area contributed by atoms with Crippen LogP contribution in [0.25, 0.3) is 16.8 Å². The van der Waals surface area contributed by atoms with Gasteiger partial charge in [0.25, 0.3) is 0 Å². The molecule has 3 aromatic rings. The van der Waals surface area contributed by atoms with Crippen molar-refractivity contribution in [3.05, 3.63) is 36.3 Å². The summed E-state index contributed by atoms with van der Waals surface area (Å²) in [6.45, 7) is 8.12. The first-order valence-corrected chi connectivity index (χ1v) is 11.3. The van der Waals surface area contributed by atoms with Gasteiger partial charge < -0.3 is 15.4 Å². The van der Waals surface area contributed by atoms with Gasteiger partial charge in [0.15, 0.2) is 0 Å². The third-order valence-electron chi connectivity index (χ3n) is 6.47. The number of aliphatic imine (C=N–C) groups is 1. The molecule has 0 bridgehead atoms. The molecule has 0 spiro atoms. The minimum Gasteiger partial charge on any atom is -0.383 e. The van der Waals surface area contributed by atoms with Crippen LogP contribution in [0.1, 0.15) is 39.3 Å². The summed E-state index contributed by atoms with van der Waals surface area (Å²) in [4.78, 5) is 14.3. The number of anilines is 1. The molecule has 5 rings (SSSR count). The summed E-state index contributed by atoms with van der Waals surface area (Å²) in [5, 5.41) is 11.6. The molecule has 2 aliphatic rings. The number of hydrogen-bond donors (Lipinski definition) is 2. The van der Waals surface area contributed by atoms with Crippen molar-refractivity contribution in [2.75, 3.05) is 25.6 Å². The van der Waals surface area contributed by atoms with Crippen LogP contribution in [0.3, 0.4) is 0 Å². The number of fused-ring (bicyclic) bond motifs is 2. The van der Waals surface area contributed by atoms with E-state index >= 15 is 0 Å². The van der Waals surface area contributed by atoms with Crippen LogP contribution in [0.2, 0.25) is 0 Å². The molecular weight excluding hydrogens is 402 g/mol. The first kappa shape index (κ1) is 21.0. The summed E-state index contributed by atoms with van der Waals surface area (Å²) >= 11 is 0. The lowest BCUT2D eigenvalue weighted by molar-refractivity contribution is 0.167. The standard InChI is InChI=1S/C24H31N7O/c1-15-20(25-8-10-32-4)11-21-19(27-15)6-5-18(29-21)17-7-9-31-22(17)14-26-23(30-31)28-16-12-24(2,3)13-16/h5-7,9,14,16,20,25H,8,10-13H2,1-4H3,(H,28,30). The Hall–Kier alpha value is -2.84. The number of ether oxygens (including phenoxy) is 1. The molecule has 0 amide bonds. The maximum atomic E-state index is 5.16. The van der Waals surface area contributed by atoms with Crippen LogP contribution in [-0.4, -0.2) is 57.6 Å². The Morgan fingerprint density at radius 3 is 2.84 bits per heavy atom. The highest BCUT2D eigenvalue weighted by atomic mass is 16.5. The molecule has 3 aromatic heterocycles. The smallest absolute Gasteiger partial charge is 0.241 e. The minimum atomic E-state index is 0.180. The molecule has 2 N–H and O–H groups in total. The van der Waals surface area contributed by atoms with Gasteiger partial charge in [0, 0.05) is 43.6 Å². The molecule has 1 saturated carbocycles. The zero-order valence-corrected chi connectivity index (χ0v) is 19.2. The van der Waals surface area contributed by atoms with Gasteiger partial charge in [0.05, 0.1) is 41.4 Å². The quantitative estimate of drug-likeness (QED) is 0.553. The number of hydrogen-bond acceptors (Lipinski definition) is 7. The summed E-state index contributed by atoms with van der Waals surface area (Å²) in [7, 11) is 1.71. The van der Waals surface area contributed by atoms with Crippen molar-refractivity contribution < 1.29 is 4.74 Å². The molecule has 32 heavy (non-hydrogen) atoms. The van der Waals surface area contributed by atoms with E-state index in [-0.39, 0.29) is 6.04 Å². The first-order valence-electron chi connectivity index (χ1n) is 11.3. The zero-order chi connectivity index (χ0) is 22.3. The Balaban J connectivity index is 1.36. The number of pyridine rings is 1. The van der Waals surface area contributed by atoms with Crippen molar-refractivity contribution in [2.24, 2.45) is 10.4 Å². The summed E-state index contributed by atoms with van der Waals surface area (Å²) in [6, 6.07) is 6.78. The van der Waals surface area contributed by atoms with E-state index in [0.29, 0.717) is 24.0 Å². The SMILES string of the molecule is COCCNC1Cc2nc(-c3ccn4nc(NC5CC(C)(C)C5)ncc34)ccc2N=C1C. The third kappa shape index (κ3) is 4.12. The van der Waals surface area contributed by atoms with Crippen LogP contribution in [-0.2, 0) is 11.2 Å². The van der Waals surface area contributed by atoms with Crippen LogP contribution in [0.4, 0.5) is 11.6 Å². The van der Waals surface area contributed by atoms with E-state index in [1.165, 1.54) is 0 Å². The van der Waals surface area contributed by atoms with E-state index in [0.717, 1.165) is 59.7 Å². The number of methoxy groups -OCH3 is 1. The van der Waals surface area contributed by atoms with Gasteiger partial charge in [-0.25, -0.2) is 9.50 Å². The fourth-order valence-corrected chi connectivity index (χ4v) is 4.80. The predicted molar refractivity (Wildman–Crippen MR) is 127 cm³/mol. The molecule has 0 aromatic carbocycles. The maximum Gasteiger partial charge on any atom is 0.241 e. The van der Waals surface area contributed by atoms with Gasteiger partial charge in [0.1, 0.15) is 0 Å². The van der Waals surface area contributed by atoms with Crippen molar-refractivity contribution >= 4 is 22.9 Å². The number of rotatable bonds is 7. The largest absolute Gasteiger partial charge is 0.383 e. The van der Waals surface area contributed by atoms with Crippen LogP contribution in [0.15, 0.2) is 35.6 Å². The van der Waals surface area contributed by atoms with Gasteiger partial charge in [-0.05, 0) is 43.4 Å². The van der Waals surface area contributed by atoms with Gasteiger partial charge in [-0.2, -0.15) is 0 Å². The highest BCUT2D eigenvalue weighted by molar-refractivity contribution is 5.92. The molecule has 1 atom stereocenters. The fourth-order valence-electron chi connectivity index (χ4n) is 4.80. The minimum absolute atomic E-state index is 0.180. The Morgan fingerprint density at radius 2 is 2.06 bits per heavy atom. The Bertz CT molecular complexity index is 1160. The van der Waals surface area contributed by atoms with E-state index in [9.17, 15) is 0 Å². The van der Waals surface area contributed by atoms with Gasteiger partial charge >= 0.3 is 0 Å². The highest BCUT2D eigenvalue weighted by Gasteiger charge is 2.36. The van der Waals surface area contributed by atoms with Crippen LogP contribution in [0, 0.1) is 5.41 Å². The fraction of sp³-hybridized carbons (Fsp3) is 0.500. The number of nitrogens with zero attached hydrogens (tertiary/aromatic N) is 5. The Labute approximate surface area is 188 Å². The van der Waals surface area contributed by atoms with E-state index in [1.54, 1.807) is 7.11 Å². The summed E-state index contributed by atoms with van der Waals surface area (Å²) in [5.41, 5.74) is 6.35. The summed E-state index contributed by atoms with van der Waals surface area (Å²) < 4.78 is 7.04. The van der Waals surface area contributed by atoms with Crippen molar-refractivity contribution in [1.82, 2.24) is 24.9 Å². The maximum absolute atomic E-state index is 5.16. The molecule has 4 heterocycles. The average Bonchev–Trinajstić information content (AvgIpc) is 3.16. The second-order valence-electron chi connectivity index (χ2n) is 9.67. The Kier molecular flexibility index (Phi) is 5.43. The van der Waals surface area contributed by atoms with E-state index in [1.807, 2.05) is 23.0 Å². The lowest BCUT2D eigenvalue weighted by atomic mass is 9.68. The second-order valence-corrected chi connectivity index (χ2v) is 9.67. The number of nitrogens with one attached hydrogen (secondary N) is 2. The average molecular weight is 434 g/mol. The summed E-state index contributed by atoms with van der Waals surface area (Å²) in [5.74, 6) is 0.674. The topological polar surface area (TPSA) is 88.7 Å². The van der Waals surface area contributed by atoms with Crippen molar-refractivity contribution in [2.45, 2.75) is 52.1 Å². The highest BCUT2D eigenvalue weighted by Crippen LogP contribution is 2.41. The predicted octanol–water partition coefficient (Wildman–Crippen LogP) is 3.64. The molecule has 8 nitrogen and oxygen atoms in total. The molecule has 1 fully saturated rings. The lowest BCUT2D eigenvalue weighted by Crippen LogP contribution is -2.41. The molecule has 1 unspecified atom stereocenters. The Morgan fingerprint density at radius 1 is 1.22 bits per heavy atom. The van der Waals surface area contributed by atoms with Crippen molar-refractivity contribution in [1.29, 1.82) is 0 Å². The van der Waals surface area contributed by atoms with Crippen LogP contribution >= 0.6 is 0 Å².